The Kier molecular flexibility index (Phi) is 2.81. The summed E-state index contributed by atoms with van der Waals surface area (Å²) < 4.78 is 11.3. The largest absolute Gasteiger partial charge is 0.349 e. The SMILES string of the molecule is COC1(OC)c2ccccc2CCC1C. The van der Waals surface area contributed by atoms with Crippen LogP contribution in [0.25, 0.3) is 0 Å². The molecular formula is C13H18O2. The normalized spacial score (nSPS) is 23.5. The Morgan fingerprint density at radius 3 is 2.53 bits per heavy atom. The third kappa shape index (κ3) is 1.48. The maximum atomic E-state index is 5.64. The van der Waals surface area contributed by atoms with Crippen molar-refractivity contribution in [1.29, 1.82) is 0 Å². The Morgan fingerprint density at radius 2 is 1.87 bits per heavy atom. The van der Waals surface area contributed by atoms with Crippen LogP contribution in [-0.4, -0.2) is 14.2 Å². The van der Waals surface area contributed by atoms with Crippen molar-refractivity contribution >= 4 is 0 Å². The number of ether oxygens (including phenoxy) is 2. The summed E-state index contributed by atoms with van der Waals surface area (Å²) in [6, 6.07) is 8.39. The van der Waals surface area contributed by atoms with Crippen LogP contribution in [-0.2, 0) is 21.7 Å². The van der Waals surface area contributed by atoms with E-state index in [4.69, 9.17) is 9.47 Å². The maximum absolute atomic E-state index is 5.64. The molecule has 0 saturated heterocycles. The number of fused-ring (bicyclic) bond motifs is 1. The number of hydrogen-bond donors (Lipinski definition) is 0. The number of hydrogen-bond acceptors (Lipinski definition) is 2. The van der Waals surface area contributed by atoms with Gasteiger partial charge >= 0.3 is 0 Å². The van der Waals surface area contributed by atoms with Gasteiger partial charge in [0, 0.05) is 25.7 Å². The Morgan fingerprint density at radius 1 is 1.20 bits per heavy atom. The summed E-state index contributed by atoms with van der Waals surface area (Å²) >= 11 is 0. The quantitative estimate of drug-likeness (QED) is 0.693. The summed E-state index contributed by atoms with van der Waals surface area (Å²) in [4.78, 5) is 0. The van der Waals surface area contributed by atoms with E-state index in [1.165, 1.54) is 11.1 Å². The first kappa shape index (κ1) is 10.7. The van der Waals surface area contributed by atoms with Gasteiger partial charge in [0.25, 0.3) is 0 Å². The first-order chi connectivity index (χ1) is 7.24. The van der Waals surface area contributed by atoms with E-state index >= 15 is 0 Å². The Balaban J connectivity index is 2.54. The zero-order valence-corrected chi connectivity index (χ0v) is 9.62. The third-order valence-corrected chi connectivity index (χ3v) is 3.49. The third-order valence-electron chi connectivity index (χ3n) is 3.49. The molecule has 15 heavy (non-hydrogen) atoms. The average molecular weight is 206 g/mol. The van der Waals surface area contributed by atoms with Gasteiger partial charge in [0.05, 0.1) is 0 Å². The van der Waals surface area contributed by atoms with Crippen molar-refractivity contribution in [1.82, 2.24) is 0 Å². The summed E-state index contributed by atoms with van der Waals surface area (Å²) in [6.07, 6.45) is 2.23. The highest BCUT2D eigenvalue weighted by atomic mass is 16.7. The molecule has 2 nitrogen and oxygen atoms in total. The minimum absolute atomic E-state index is 0.391. The lowest BCUT2D eigenvalue weighted by molar-refractivity contribution is -0.251. The lowest BCUT2D eigenvalue weighted by Gasteiger charge is -2.41. The summed E-state index contributed by atoms with van der Waals surface area (Å²) in [6.45, 7) is 2.18. The fraction of sp³-hybridized carbons (Fsp3) is 0.538. The Bertz CT molecular complexity index is 342. The molecule has 0 saturated carbocycles. The first-order valence-electron chi connectivity index (χ1n) is 5.43. The lowest BCUT2D eigenvalue weighted by Crippen LogP contribution is -2.41. The molecule has 2 rings (SSSR count). The predicted octanol–water partition coefficient (Wildman–Crippen LogP) is 2.71. The van der Waals surface area contributed by atoms with Crippen LogP contribution in [0.4, 0.5) is 0 Å². The number of methoxy groups -OCH3 is 2. The smallest absolute Gasteiger partial charge is 0.197 e. The lowest BCUT2D eigenvalue weighted by atomic mass is 9.79. The zero-order chi connectivity index (χ0) is 10.9. The van der Waals surface area contributed by atoms with E-state index < -0.39 is 5.79 Å². The summed E-state index contributed by atoms with van der Waals surface area (Å²) in [5, 5.41) is 0. The molecule has 0 radical (unpaired) electrons. The van der Waals surface area contributed by atoms with Crippen LogP contribution in [0.3, 0.4) is 0 Å². The molecule has 1 unspecified atom stereocenters. The van der Waals surface area contributed by atoms with Crippen LogP contribution < -0.4 is 0 Å². The second-order valence-corrected chi connectivity index (χ2v) is 4.17. The molecule has 1 atom stereocenters. The minimum atomic E-state index is -0.547. The number of aryl methyl sites for hydroxylation is 1. The monoisotopic (exact) mass is 206 g/mol. The Labute approximate surface area is 91.2 Å². The van der Waals surface area contributed by atoms with Crippen LogP contribution >= 0.6 is 0 Å². The van der Waals surface area contributed by atoms with Gasteiger partial charge in [0.1, 0.15) is 0 Å². The Hall–Kier alpha value is -0.860. The molecule has 0 aromatic heterocycles. The van der Waals surface area contributed by atoms with Gasteiger partial charge in [0.2, 0.25) is 0 Å². The number of benzene rings is 1. The van der Waals surface area contributed by atoms with Crippen molar-refractivity contribution in [2.24, 2.45) is 5.92 Å². The molecule has 1 aromatic rings. The van der Waals surface area contributed by atoms with E-state index in [1.807, 2.05) is 6.07 Å². The summed E-state index contributed by atoms with van der Waals surface area (Å²) in [5.41, 5.74) is 2.54. The van der Waals surface area contributed by atoms with E-state index in [9.17, 15) is 0 Å². The topological polar surface area (TPSA) is 18.5 Å². The van der Waals surface area contributed by atoms with Gasteiger partial charge in [0.15, 0.2) is 5.79 Å². The zero-order valence-electron chi connectivity index (χ0n) is 9.62. The fourth-order valence-electron chi connectivity index (χ4n) is 2.61. The van der Waals surface area contributed by atoms with Crippen molar-refractivity contribution in [2.75, 3.05) is 14.2 Å². The van der Waals surface area contributed by atoms with Gasteiger partial charge in [-0.1, -0.05) is 31.2 Å². The van der Waals surface area contributed by atoms with Crippen LogP contribution in [0.15, 0.2) is 24.3 Å². The van der Waals surface area contributed by atoms with E-state index in [2.05, 4.69) is 25.1 Å². The maximum Gasteiger partial charge on any atom is 0.197 e. The van der Waals surface area contributed by atoms with Crippen molar-refractivity contribution in [3.8, 4) is 0 Å². The van der Waals surface area contributed by atoms with E-state index in [-0.39, 0.29) is 0 Å². The van der Waals surface area contributed by atoms with Gasteiger partial charge in [-0.3, -0.25) is 0 Å². The molecule has 82 valence electrons. The average Bonchev–Trinajstić information content (AvgIpc) is 2.30. The van der Waals surface area contributed by atoms with Crippen molar-refractivity contribution in [3.05, 3.63) is 35.4 Å². The molecule has 1 aromatic carbocycles. The van der Waals surface area contributed by atoms with Crippen LogP contribution in [0.5, 0.6) is 0 Å². The molecule has 0 spiro atoms. The summed E-state index contributed by atoms with van der Waals surface area (Å²) in [5.74, 6) is -0.156. The highest BCUT2D eigenvalue weighted by Gasteiger charge is 2.42. The molecule has 0 heterocycles. The van der Waals surface area contributed by atoms with Crippen LogP contribution in [0.1, 0.15) is 24.5 Å². The van der Waals surface area contributed by atoms with E-state index in [0.717, 1.165) is 12.8 Å². The molecular weight excluding hydrogens is 188 g/mol. The van der Waals surface area contributed by atoms with Crippen molar-refractivity contribution in [3.63, 3.8) is 0 Å². The molecule has 0 aliphatic heterocycles. The van der Waals surface area contributed by atoms with Gasteiger partial charge < -0.3 is 9.47 Å². The second-order valence-electron chi connectivity index (χ2n) is 4.17. The predicted molar refractivity (Wildman–Crippen MR) is 59.6 cm³/mol. The van der Waals surface area contributed by atoms with Gasteiger partial charge in [-0.25, -0.2) is 0 Å². The van der Waals surface area contributed by atoms with E-state index in [0.29, 0.717) is 5.92 Å². The molecule has 0 N–H and O–H groups in total. The highest BCUT2D eigenvalue weighted by Crippen LogP contribution is 2.42. The number of rotatable bonds is 2. The minimum Gasteiger partial charge on any atom is -0.349 e. The van der Waals surface area contributed by atoms with Gasteiger partial charge in [-0.05, 0) is 18.4 Å². The van der Waals surface area contributed by atoms with Gasteiger partial charge in [-0.2, -0.15) is 0 Å². The standard InChI is InChI=1S/C13H18O2/c1-10-8-9-11-6-4-5-7-12(11)13(10,14-2)15-3/h4-7,10H,8-9H2,1-3H3. The molecule has 1 aliphatic carbocycles. The molecule has 0 fully saturated rings. The van der Waals surface area contributed by atoms with E-state index in [1.54, 1.807) is 14.2 Å². The molecule has 0 amide bonds. The highest BCUT2D eigenvalue weighted by molar-refractivity contribution is 5.34. The van der Waals surface area contributed by atoms with Crippen molar-refractivity contribution in [2.45, 2.75) is 25.6 Å². The molecule has 2 heteroatoms. The first-order valence-corrected chi connectivity index (χ1v) is 5.43. The summed E-state index contributed by atoms with van der Waals surface area (Å²) in [7, 11) is 3.45. The molecule has 0 bridgehead atoms. The van der Waals surface area contributed by atoms with Crippen LogP contribution in [0, 0.1) is 5.92 Å². The molecule has 1 aliphatic rings. The van der Waals surface area contributed by atoms with Crippen molar-refractivity contribution < 1.29 is 9.47 Å². The van der Waals surface area contributed by atoms with Crippen LogP contribution in [0.2, 0.25) is 0 Å². The second kappa shape index (κ2) is 3.95. The van der Waals surface area contributed by atoms with Gasteiger partial charge in [-0.15, -0.1) is 0 Å². The fourth-order valence-corrected chi connectivity index (χ4v) is 2.61.